The van der Waals surface area contributed by atoms with Gasteiger partial charge in [-0.15, -0.1) is 0 Å². The first-order valence-corrected chi connectivity index (χ1v) is 9.63. The van der Waals surface area contributed by atoms with E-state index in [2.05, 4.69) is 9.55 Å². The van der Waals surface area contributed by atoms with Crippen molar-refractivity contribution in [1.29, 1.82) is 0 Å². The van der Waals surface area contributed by atoms with E-state index in [9.17, 15) is 9.59 Å². The number of esters is 1. The highest BCUT2D eigenvalue weighted by atomic mass is 35.5. The average Bonchev–Trinajstić information content (AvgIpc) is 2.99. The Morgan fingerprint density at radius 3 is 2.66 bits per heavy atom. The largest absolute Gasteiger partial charge is 0.454 e. The molecule has 0 spiro atoms. The number of halogens is 1. The van der Waals surface area contributed by atoms with E-state index in [-0.39, 0.29) is 18.4 Å². The first-order valence-electron chi connectivity index (χ1n) is 9.25. The molecule has 0 radical (unpaired) electrons. The highest BCUT2D eigenvalue weighted by Crippen LogP contribution is 2.22. The molecule has 2 heterocycles. The van der Waals surface area contributed by atoms with Crippen molar-refractivity contribution in [3.8, 4) is 0 Å². The Labute approximate surface area is 174 Å². The van der Waals surface area contributed by atoms with E-state index in [0.717, 1.165) is 16.8 Å². The van der Waals surface area contributed by atoms with Crippen LogP contribution in [0.1, 0.15) is 45.1 Å². The van der Waals surface area contributed by atoms with E-state index < -0.39 is 5.97 Å². The number of rotatable bonds is 7. The fraction of sp³-hybridized carbons (Fsp3) is 0.318. The molecule has 1 aromatic carbocycles. The van der Waals surface area contributed by atoms with Crippen LogP contribution in [0.25, 0.3) is 10.9 Å². The second-order valence-corrected chi connectivity index (χ2v) is 7.39. The van der Waals surface area contributed by atoms with Gasteiger partial charge in [-0.2, -0.15) is 0 Å². The Hall–Kier alpha value is -2.70. The van der Waals surface area contributed by atoms with Crippen LogP contribution in [-0.2, 0) is 9.47 Å². The number of aromatic nitrogens is 2. The summed E-state index contributed by atoms with van der Waals surface area (Å²) in [6.45, 7) is 6.08. The van der Waals surface area contributed by atoms with E-state index in [1.807, 2.05) is 26.8 Å². The van der Waals surface area contributed by atoms with Gasteiger partial charge in [0.2, 0.25) is 5.78 Å². The summed E-state index contributed by atoms with van der Waals surface area (Å²) in [7, 11) is 1.65. The van der Waals surface area contributed by atoms with Gasteiger partial charge >= 0.3 is 5.97 Å². The molecule has 0 saturated heterocycles. The fourth-order valence-corrected chi connectivity index (χ4v) is 3.73. The molecule has 6 nitrogen and oxygen atoms in total. The van der Waals surface area contributed by atoms with E-state index in [4.69, 9.17) is 21.1 Å². The van der Waals surface area contributed by atoms with Crippen molar-refractivity contribution in [3.05, 3.63) is 64.1 Å². The SMILES string of the molecule is COCC(C)n1c(C)cc(C(=O)COC(=O)c2ccc3nc(Cl)ccc3c2)c1C. The maximum atomic E-state index is 12.7. The van der Waals surface area contributed by atoms with Crippen LogP contribution >= 0.6 is 11.6 Å². The highest BCUT2D eigenvalue weighted by Gasteiger charge is 2.20. The third-order valence-corrected chi connectivity index (χ3v) is 5.07. The topological polar surface area (TPSA) is 70.4 Å². The quantitative estimate of drug-likeness (QED) is 0.322. The van der Waals surface area contributed by atoms with Crippen LogP contribution in [0.15, 0.2) is 36.4 Å². The number of carbonyl (C=O) groups excluding carboxylic acids is 2. The molecule has 29 heavy (non-hydrogen) atoms. The van der Waals surface area contributed by atoms with Gasteiger partial charge in [0.05, 0.1) is 23.7 Å². The van der Waals surface area contributed by atoms with E-state index in [0.29, 0.717) is 28.4 Å². The fourth-order valence-electron chi connectivity index (χ4n) is 3.57. The standard InChI is InChI=1S/C22H23ClN2O4/c1-13-9-18(15(3)25(13)14(2)11-28-4)20(26)12-29-22(27)17-5-7-19-16(10-17)6-8-21(23)24-19/h5-10,14H,11-12H2,1-4H3. The Bertz CT molecular complexity index is 1070. The van der Waals surface area contributed by atoms with E-state index in [1.54, 1.807) is 37.4 Å². The van der Waals surface area contributed by atoms with Crippen LogP contribution in [0.2, 0.25) is 5.15 Å². The minimum Gasteiger partial charge on any atom is -0.454 e. The summed E-state index contributed by atoms with van der Waals surface area (Å²) in [6, 6.07) is 10.3. The molecule has 0 aliphatic rings. The molecule has 0 saturated carbocycles. The molecule has 3 aromatic rings. The van der Waals surface area contributed by atoms with Crippen molar-refractivity contribution in [2.45, 2.75) is 26.8 Å². The van der Waals surface area contributed by atoms with Gasteiger partial charge in [-0.25, -0.2) is 9.78 Å². The summed E-state index contributed by atoms with van der Waals surface area (Å²) in [5.74, 6) is -0.798. The van der Waals surface area contributed by atoms with Crippen LogP contribution in [0.4, 0.5) is 0 Å². The number of methoxy groups -OCH3 is 1. The van der Waals surface area contributed by atoms with Crippen molar-refractivity contribution < 1.29 is 19.1 Å². The smallest absolute Gasteiger partial charge is 0.338 e. The van der Waals surface area contributed by atoms with Gasteiger partial charge in [0.25, 0.3) is 0 Å². The number of ketones is 1. The number of benzene rings is 1. The highest BCUT2D eigenvalue weighted by molar-refractivity contribution is 6.29. The average molecular weight is 415 g/mol. The molecule has 0 aliphatic heterocycles. The van der Waals surface area contributed by atoms with Crippen LogP contribution in [-0.4, -0.2) is 41.6 Å². The van der Waals surface area contributed by atoms with Crippen molar-refractivity contribution in [1.82, 2.24) is 9.55 Å². The number of carbonyl (C=O) groups is 2. The van der Waals surface area contributed by atoms with Crippen LogP contribution in [0.5, 0.6) is 0 Å². The molecule has 1 unspecified atom stereocenters. The summed E-state index contributed by atoms with van der Waals surface area (Å²) < 4.78 is 12.5. The lowest BCUT2D eigenvalue weighted by atomic mass is 10.1. The maximum absolute atomic E-state index is 12.7. The molecule has 3 rings (SSSR count). The summed E-state index contributed by atoms with van der Waals surface area (Å²) in [5, 5.41) is 1.15. The van der Waals surface area contributed by atoms with Gasteiger partial charge in [-0.05, 0) is 57.2 Å². The van der Waals surface area contributed by atoms with Crippen molar-refractivity contribution in [3.63, 3.8) is 0 Å². The molecule has 0 fully saturated rings. The summed E-state index contributed by atoms with van der Waals surface area (Å²) in [6.07, 6.45) is 0. The van der Waals surface area contributed by atoms with Gasteiger partial charge in [-0.3, -0.25) is 4.79 Å². The van der Waals surface area contributed by atoms with Crippen LogP contribution in [0.3, 0.4) is 0 Å². The van der Waals surface area contributed by atoms with Gasteiger partial charge in [0.15, 0.2) is 6.61 Å². The van der Waals surface area contributed by atoms with Crippen molar-refractivity contribution in [2.75, 3.05) is 20.3 Å². The molecule has 1 atom stereocenters. The number of pyridine rings is 1. The molecule has 152 valence electrons. The number of aryl methyl sites for hydroxylation is 1. The van der Waals surface area contributed by atoms with Crippen molar-refractivity contribution >= 4 is 34.3 Å². The van der Waals surface area contributed by atoms with E-state index in [1.165, 1.54) is 0 Å². The number of Topliss-reactive ketones (excluding diaryl/α,β-unsaturated/α-hetero) is 1. The number of ether oxygens (including phenoxy) is 2. The summed E-state index contributed by atoms with van der Waals surface area (Å²) in [5.41, 5.74) is 3.39. The zero-order valence-corrected chi connectivity index (χ0v) is 17.6. The molecular formula is C22H23ClN2O4. The minimum absolute atomic E-state index is 0.101. The van der Waals surface area contributed by atoms with Crippen molar-refractivity contribution in [2.24, 2.45) is 0 Å². The van der Waals surface area contributed by atoms with Gasteiger partial charge in [-0.1, -0.05) is 11.6 Å². The lowest BCUT2D eigenvalue weighted by Crippen LogP contribution is -2.17. The number of fused-ring (bicyclic) bond motifs is 1. The Morgan fingerprint density at radius 2 is 1.93 bits per heavy atom. The minimum atomic E-state index is -0.559. The number of hydrogen-bond acceptors (Lipinski definition) is 5. The normalized spacial score (nSPS) is 12.2. The zero-order valence-electron chi connectivity index (χ0n) is 16.9. The molecule has 0 aliphatic carbocycles. The molecule has 2 aromatic heterocycles. The summed E-state index contributed by atoms with van der Waals surface area (Å²) in [4.78, 5) is 29.2. The van der Waals surface area contributed by atoms with Crippen LogP contribution in [0, 0.1) is 13.8 Å². The van der Waals surface area contributed by atoms with Crippen LogP contribution < -0.4 is 0 Å². The maximum Gasteiger partial charge on any atom is 0.338 e. The monoisotopic (exact) mass is 414 g/mol. The predicted molar refractivity (Wildman–Crippen MR) is 112 cm³/mol. The second kappa shape index (κ2) is 8.76. The lowest BCUT2D eigenvalue weighted by Gasteiger charge is -2.17. The third-order valence-electron chi connectivity index (χ3n) is 4.86. The predicted octanol–water partition coefficient (Wildman–Crippen LogP) is 4.55. The first kappa shape index (κ1) is 21.0. The van der Waals surface area contributed by atoms with Gasteiger partial charge in [0, 0.05) is 29.4 Å². The Kier molecular flexibility index (Phi) is 6.35. The number of hydrogen-bond donors (Lipinski definition) is 0. The molecule has 0 bridgehead atoms. The molecule has 0 amide bonds. The second-order valence-electron chi connectivity index (χ2n) is 7.00. The zero-order chi connectivity index (χ0) is 21.1. The van der Waals surface area contributed by atoms with E-state index >= 15 is 0 Å². The molecule has 7 heteroatoms. The lowest BCUT2D eigenvalue weighted by molar-refractivity contribution is 0.0474. The Morgan fingerprint density at radius 1 is 1.17 bits per heavy atom. The first-order chi connectivity index (χ1) is 13.8. The number of nitrogens with zero attached hydrogens (tertiary/aromatic N) is 2. The molecular weight excluding hydrogens is 392 g/mol. The van der Waals surface area contributed by atoms with Gasteiger partial charge < -0.3 is 14.0 Å². The third kappa shape index (κ3) is 4.49. The van der Waals surface area contributed by atoms with Gasteiger partial charge in [0.1, 0.15) is 5.15 Å². The molecule has 0 N–H and O–H groups in total. The summed E-state index contributed by atoms with van der Waals surface area (Å²) >= 11 is 5.88. The Balaban J connectivity index is 1.71.